The van der Waals surface area contributed by atoms with Crippen molar-refractivity contribution in [3.05, 3.63) is 97.1 Å². The monoisotopic (exact) mass is 766 g/mol. The van der Waals surface area contributed by atoms with Gasteiger partial charge in [-0.05, 0) is 94.7 Å². The summed E-state index contributed by atoms with van der Waals surface area (Å²) in [6, 6.07) is 33.7. The van der Waals surface area contributed by atoms with E-state index in [1.807, 2.05) is 37.4 Å². The molecule has 1 amide bonds. The van der Waals surface area contributed by atoms with Crippen molar-refractivity contribution in [2.24, 2.45) is 25.9 Å². The summed E-state index contributed by atoms with van der Waals surface area (Å²) in [6.07, 6.45) is 4.79. The Balaban J connectivity index is 0.000000165. The molecule has 11 heteroatoms. The number of likely N-dealkylation sites (N-methyl/N-ethyl adjacent to an activating group) is 1. The molecule has 0 radical (unpaired) electrons. The molecule has 0 bridgehead atoms. The van der Waals surface area contributed by atoms with Gasteiger partial charge >= 0.3 is 5.97 Å². The number of carbonyl (C=O) groups excluding carboxylic acids is 1. The third-order valence-corrected chi connectivity index (χ3v) is 12.3. The number of likely N-dealkylation sites (tertiary alicyclic amines) is 1. The van der Waals surface area contributed by atoms with Crippen LogP contribution in [0, 0.1) is 11.8 Å². The molecule has 3 aliphatic rings. The minimum absolute atomic E-state index is 0.0871. The van der Waals surface area contributed by atoms with Gasteiger partial charge in [-0.15, -0.1) is 0 Å². The number of carboxylic acids is 1. The lowest BCUT2D eigenvalue weighted by Gasteiger charge is -2.35. The van der Waals surface area contributed by atoms with Crippen LogP contribution in [-0.4, -0.2) is 105 Å². The lowest BCUT2D eigenvalue weighted by molar-refractivity contribution is -0.142. The lowest BCUT2D eigenvalue weighted by atomic mass is 9.96. The molecule has 0 saturated carbocycles. The number of fused-ring (bicyclic) bond motifs is 2. The van der Waals surface area contributed by atoms with E-state index in [9.17, 15) is 14.7 Å². The van der Waals surface area contributed by atoms with Crippen LogP contribution in [0.15, 0.2) is 97.1 Å². The maximum atomic E-state index is 13.2. The van der Waals surface area contributed by atoms with E-state index >= 15 is 0 Å². The van der Waals surface area contributed by atoms with Gasteiger partial charge in [-0.25, -0.2) is 9.97 Å². The number of hydrogen-bond acceptors (Lipinski definition) is 7. The van der Waals surface area contributed by atoms with Crippen molar-refractivity contribution in [2.45, 2.75) is 38.1 Å². The Hall–Kier alpha value is -5.68. The summed E-state index contributed by atoms with van der Waals surface area (Å²) in [5.74, 6) is 1.35. The molecule has 1 N–H and O–H groups in total. The molecular weight excluding hydrogens is 713 g/mol. The summed E-state index contributed by atoms with van der Waals surface area (Å²) in [5.41, 5.74) is 8.65. The Bertz CT molecular complexity index is 2380. The fraction of sp³-hybridized carbons (Fsp3) is 0.391. The molecule has 296 valence electrons. The average molecular weight is 767 g/mol. The van der Waals surface area contributed by atoms with Crippen LogP contribution in [0.2, 0.25) is 0 Å². The number of imidazole rings is 2. The third-order valence-electron chi connectivity index (χ3n) is 12.3. The zero-order valence-corrected chi connectivity index (χ0v) is 33.6. The van der Waals surface area contributed by atoms with Crippen molar-refractivity contribution < 1.29 is 14.7 Å². The number of carboxylic acid groups (broad SMARTS) is 1. The molecule has 11 nitrogen and oxygen atoms in total. The van der Waals surface area contributed by atoms with Gasteiger partial charge in [0.1, 0.15) is 11.6 Å². The highest BCUT2D eigenvalue weighted by Gasteiger charge is 2.34. The molecule has 1 unspecified atom stereocenters. The normalized spacial score (nSPS) is 19.9. The smallest absolute Gasteiger partial charge is 0.308 e. The van der Waals surface area contributed by atoms with E-state index in [1.165, 1.54) is 5.69 Å². The molecule has 4 aromatic carbocycles. The third kappa shape index (κ3) is 7.98. The first kappa shape index (κ1) is 38.2. The molecular formula is C46H54N8O3. The standard InChI is InChI=1S/C26H33N5O.C20H21N3O2/c1-28(2)22-13-15-31(18-22)26(32)20-9-7-14-30(17-20)21-10-6-8-19(16-21)25-27-23-11-4-5-12-24(23)29(25)3;1-22-18-10-3-2-9-17(18)21-19(22)14-6-4-8-16(12-14)23-11-5-7-15(13-23)20(24)25/h4-6,8,10-12,16,20,22H,7,9,13-15,17-18H2,1-3H3;2-4,6,8-10,12,15H,5,7,11,13H2,1H3,(H,24,25)/t20-,22?;15-/m00/s1. The first-order valence-electron chi connectivity index (χ1n) is 20.4. The number of hydrogen-bond donors (Lipinski definition) is 1. The van der Waals surface area contributed by atoms with Crippen molar-refractivity contribution in [1.29, 1.82) is 0 Å². The molecule has 5 heterocycles. The number of amides is 1. The maximum absolute atomic E-state index is 13.2. The SMILES string of the molecule is CN(C)C1CCN(C(=O)[C@H]2CCCN(c3cccc(-c4nc5ccccc5n4C)c3)C2)C1.Cn1c(-c2cccc(N3CCC[C@H](C(=O)O)C3)c2)nc2ccccc21. The minimum Gasteiger partial charge on any atom is -0.481 e. The second kappa shape index (κ2) is 16.4. The summed E-state index contributed by atoms with van der Waals surface area (Å²) in [6.45, 7) is 5.02. The minimum atomic E-state index is -0.698. The zero-order chi connectivity index (χ0) is 39.6. The Labute approximate surface area is 335 Å². The molecule has 0 aliphatic carbocycles. The van der Waals surface area contributed by atoms with Crippen LogP contribution in [0.3, 0.4) is 0 Å². The fourth-order valence-corrected chi connectivity index (χ4v) is 8.94. The van der Waals surface area contributed by atoms with Gasteiger partial charge in [0, 0.05) is 81.9 Å². The first-order valence-corrected chi connectivity index (χ1v) is 20.4. The van der Waals surface area contributed by atoms with E-state index in [1.54, 1.807) is 0 Å². The Morgan fingerprint density at radius 2 is 1.14 bits per heavy atom. The highest BCUT2D eigenvalue weighted by atomic mass is 16.4. The van der Waals surface area contributed by atoms with Gasteiger partial charge in [0.15, 0.2) is 0 Å². The van der Waals surface area contributed by atoms with Crippen LogP contribution < -0.4 is 9.80 Å². The van der Waals surface area contributed by atoms with Gasteiger partial charge in [-0.1, -0.05) is 48.5 Å². The number of piperidine rings is 2. The van der Waals surface area contributed by atoms with Gasteiger partial charge in [-0.3, -0.25) is 9.59 Å². The van der Waals surface area contributed by atoms with Crippen LogP contribution >= 0.6 is 0 Å². The van der Waals surface area contributed by atoms with Gasteiger partial charge in [0.2, 0.25) is 5.91 Å². The number of aromatic nitrogens is 4. The van der Waals surface area contributed by atoms with Crippen LogP contribution in [0.25, 0.3) is 44.8 Å². The lowest BCUT2D eigenvalue weighted by Crippen LogP contribution is -2.45. The zero-order valence-electron chi connectivity index (χ0n) is 33.6. The fourth-order valence-electron chi connectivity index (χ4n) is 8.94. The van der Waals surface area contributed by atoms with E-state index in [-0.39, 0.29) is 11.8 Å². The molecule has 3 saturated heterocycles. The van der Waals surface area contributed by atoms with E-state index in [2.05, 4.69) is 117 Å². The van der Waals surface area contributed by atoms with Gasteiger partial charge < -0.3 is 33.8 Å². The number of para-hydroxylation sites is 4. The average Bonchev–Trinajstić information content (AvgIpc) is 3.97. The van der Waals surface area contributed by atoms with Crippen molar-refractivity contribution in [3.63, 3.8) is 0 Å². The van der Waals surface area contributed by atoms with Crippen molar-refractivity contribution in [1.82, 2.24) is 28.9 Å². The Kier molecular flexibility index (Phi) is 11.0. The van der Waals surface area contributed by atoms with E-state index in [4.69, 9.17) is 9.97 Å². The largest absolute Gasteiger partial charge is 0.481 e. The number of benzene rings is 4. The molecule has 2 aromatic heterocycles. The number of nitrogens with zero attached hydrogens (tertiary/aromatic N) is 8. The summed E-state index contributed by atoms with van der Waals surface area (Å²) in [7, 11) is 8.32. The van der Waals surface area contributed by atoms with Crippen LogP contribution in [0.1, 0.15) is 32.1 Å². The van der Waals surface area contributed by atoms with Gasteiger partial charge in [0.05, 0.1) is 33.9 Å². The molecule has 9 rings (SSSR count). The molecule has 57 heavy (non-hydrogen) atoms. The molecule has 6 aromatic rings. The number of anilines is 2. The molecule has 0 spiro atoms. The van der Waals surface area contributed by atoms with Crippen LogP contribution in [0.4, 0.5) is 11.4 Å². The molecule has 3 aliphatic heterocycles. The van der Waals surface area contributed by atoms with E-state index in [0.717, 1.165) is 115 Å². The second-order valence-electron chi connectivity index (χ2n) is 16.2. The predicted octanol–water partition coefficient (Wildman–Crippen LogP) is 7.16. The van der Waals surface area contributed by atoms with Crippen molar-refractivity contribution in [2.75, 3.05) is 63.2 Å². The number of rotatable bonds is 7. The second-order valence-corrected chi connectivity index (χ2v) is 16.2. The highest BCUT2D eigenvalue weighted by molar-refractivity contribution is 5.83. The predicted molar refractivity (Wildman–Crippen MR) is 228 cm³/mol. The number of carbonyl (C=O) groups is 2. The summed E-state index contributed by atoms with van der Waals surface area (Å²) in [4.78, 5) is 43.1. The van der Waals surface area contributed by atoms with E-state index < -0.39 is 5.97 Å². The highest BCUT2D eigenvalue weighted by Crippen LogP contribution is 2.32. The summed E-state index contributed by atoms with van der Waals surface area (Å²) in [5, 5.41) is 9.31. The Morgan fingerprint density at radius 3 is 1.63 bits per heavy atom. The topological polar surface area (TPSA) is 103 Å². The quantitative estimate of drug-likeness (QED) is 0.183. The Morgan fingerprint density at radius 1 is 0.632 bits per heavy atom. The summed E-state index contributed by atoms with van der Waals surface area (Å²) < 4.78 is 4.26. The van der Waals surface area contributed by atoms with Crippen LogP contribution in [-0.2, 0) is 23.7 Å². The van der Waals surface area contributed by atoms with Crippen molar-refractivity contribution in [3.8, 4) is 22.8 Å². The molecule has 3 atom stereocenters. The number of aliphatic carboxylic acids is 1. The summed E-state index contributed by atoms with van der Waals surface area (Å²) >= 11 is 0. The van der Waals surface area contributed by atoms with Crippen molar-refractivity contribution >= 4 is 45.3 Å². The van der Waals surface area contributed by atoms with Crippen LogP contribution in [0.5, 0.6) is 0 Å². The number of aryl methyl sites for hydroxylation is 2. The first-order chi connectivity index (χ1) is 27.6. The van der Waals surface area contributed by atoms with Gasteiger partial charge in [0.25, 0.3) is 0 Å². The van der Waals surface area contributed by atoms with Gasteiger partial charge in [-0.2, -0.15) is 0 Å². The maximum Gasteiger partial charge on any atom is 0.308 e. The molecule has 3 fully saturated rings. The van der Waals surface area contributed by atoms with E-state index in [0.29, 0.717) is 18.5 Å².